The van der Waals surface area contributed by atoms with Gasteiger partial charge in [-0.15, -0.1) is 0 Å². The molecule has 2 aromatic carbocycles. The zero-order valence-electron chi connectivity index (χ0n) is 11.8. The lowest BCUT2D eigenvalue weighted by molar-refractivity contribution is 0.629. The van der Waals surface area contributed by atoms with Crippen molar-refractivity contribution in [2.24, 2.45) is 4.99 Å². The Hall–Kier alpha value is -2.42. The Labute approximate surface area is 122 Å². The average Bonchev–Trinajstić information content (AvgIpc) is 2.89. The number of aromatic amines is 1. The zero-order valence-corrected chi connectivity index (χ0v) is 11.8. The van der Waals surface area contributed by atoms with E-state index in [0.717, 1.165) is 40.6 Å². The van der Waals surface area contributed by atoms with E-state index in [1.807, 2.05) is 12.3 Å². The number of hydrogen-bond acceptors (Lipinski definition) is 1. The molecular weight excluding hydrogens is 263 g/mol. The molecule has 1 aromatic heterocycles. The van der Waals surface area contributed by atoms with E-state index < -0.39 is 0 Å². The Morgan fingerprint density at radius 3 is 2.90 bits per heavy atom. The molecule has 4 rings (SSSR count). The molecule has 2 nitrogen and oxygen atoms in total. The number of fused-ring (bicyclic) bond motifs is 2. The van der Waals surface area contributed by atoms with Crippen molar-refractivity contribution in [1.29, 1.82) is 0 Å². The molecular formula is C18H15FN2. The van der Waals surface area contributed by atoms with Gasteiger partial charge < -0.3 is 4.98 Å². The molecule has 0 atom stereocenters. The van der Waals surface area contributed by atoms with Crippen LogP contribution in [-0.2, 0) is 6.42 Å². The van der Waals surface area contributed by atoms with Crippen LogP contribution in [0.1, 0.15) is 18.9 Å². The number of halogens is 1. The van der Waals surface area contributed by atoms with Crippen LogP contribution in [0, 0.1) is 5.82 Å². The van der Waals surface area contributed by atoms with E-state index in [2.05, 4.69) is 35.1 Å². The smallest absolute Gasteiger partial charge is 0.125 e. The van der Waals surface area contributed by atoms with E-state index >= 15 is 0 Å². The summed E-state index contributed by atoms with van der Waals surface area (Å²) in [6.45, 7) is 2.07. The van der Waals surface area contributed by atoms with Gasteiger partial charge in [0.1, 0.15) is 5.82 Å². The first kappa shape index (κ1) is 12.3. The molecule has 21 heavy (non-hydrogen) atoms. The van der Waals surface area contributed by atoms with Gasteiger partial charge in [0, 0.05) is 28.4 Å². The van der Waals surface area contributed by atoms with Crippen molar-refractivity contribution in [3.05, 3.63) is 54.0 Å². The second-order valence-corrected chi connectivity index (χ2v) is 5.58. The van der Waals surface area contributed by atoms with Crippen LogP contribution in [0.15, 0.2) is 47.6 Å². The largest absolute Gasteiger partial charge is 0.360 e. The third-order valence-corrected chi connectivity index (χ3v) is 4.10. The molecule has 0 bridgehead atoms. The summed E-state index contributed by atoms with van der Waals surface area (Å²) in [4.78, 5) is 7.75. The number of rotatable bonds is 1. The van der Waals surface area contributed by atoms with Crippen LogP contribution in [-0.4, -0.2) is 10.7 Å². The summed E-state index contributed by atoms with van der Waals surface area (Å²) in [5.74, 6) is -0.217. The fourth-order valence-electron chi connectivity index (χ4n) is 2.98. The van der Waals surface area contributed by atoms with Gasteiger partial charge in [-0.25, -0.2) is 4.39 Å². The lowest BCUT2D eigenvalue weighted by Crippen LogP contribution is -2.01. The summed E-state index contributed by atoms with van der Waals surface area (Å²) in [5.41, 5.74) is 6.65. The first-order chi connectivity index (χ1) is 10.2. The summed E-state index contributed by atoms with van der Waals surface area (Å²) >= 11 is 0. The van der Waals surface area contributed by atoms with Crippen molar-refractivity contribution >= 4 is 22.3 Å². The standard InChI is InChI=1S/C18H15FN2/c1-11-2-3-13-8-12(4-7-17(13)21-11)16-10-20-18-9-14(19)5-6-15(16)18/h4-10,20H,2-3H2,1H3. The van der Waals surface area contributed by atoms with Gasteiger partial charge >= 0.3 is 0 Å². The molecule has 0 fully saturated rings. The Bertz CT molecular complexity index is 874. The molecule has 3 heteroatoms. The van der Waals surface area contributed by atoms with Gasteiger partial charge in [-0.2, -0.15) is 0 Å². The number of hydrogen-bond donors (Lipinski definition) is 1. The van der Waals surface area contributed by atoms with Gasteiger partial charge in [0.05, 0.1) is 5.69 Å². The van der Waals surface area contributed by atoms with Gasteiger partial charge in [0.15, 0.2) is 0 Å². The molecule has 1 aliphatic heterocycles. The highest BCUT2D eigenvalue weighted by atomic mass is 19.1. The highest BCUT2D eigenvalue weighted by Gasteiger charge is 2.12. The lowest BCUT2D eigenvalue weighted by Gasteiger charge is -2.14. The van der Waals surface area contributed by atoms with E-state index in [4.69, 9.17) is 0 Å². The molecule has 2 heterocycles. The molecule has 0 spiro atoms. The molecule has 104 valence electrons. The van der Waals surface area contributed by atoms with Crippen molar-refractivity contribution < 1.29 is 4.39 Å². The minimum Gasteiger partial charge on any atom is -0.360 e. The molecule has 1 N–H and O–H groups in total. The number of benzene rings is 2. The molecule has 1 aliphatic rings. The van der Waals surface area contributed by atoms with E-state index in [1.165, 1.54) is 23.4 Å². The summed E-state index contributed by atoms with van der Waals surface area (Å²) in [6.07, 6.45) is 4.01. The Morgan fingerprint density at radius 1 is 1.10 bits per heavy atom. The number of aliphatic imine (C=N–C) groups is 1. The van der Waals surface area contributed by atoms with E-state index in [-0.39, 0.29) is 5.82 Å². The van der Waals surface area contributed by atoms with E-state index in [9.17, 15) is 4.39 Å². The molecule has 0 saturated carbocycles. The Balaban J connectivity index is 1.86. The van der Waals surface area contributed by atoms with Crippen molar-refractivity contribution in [2.75, 3.05) is 0 Å². The van der Waals surface area contributed by atoms with Crippen molar-refractivity contribution in [2.45, 2.75) is 19.8 Å². The van der Waals surface area contributed by atoms with Crippen LogP contribution >= 0.6 is 0 Å². The quantitative estimate of drug-likeness (QED) is 0.648. The molecule has 0 amide bonds. The van der Waals surface area contributed by atoms with Crippen LogP contribution in [0.3, 0.4) is 0 Å². The highest BCUT2D eigenvalue weighted by Crippen LogP contribution is 2.34. The normalized spacial score (nSPS) is 14.1. The first-order valence-electron chi connectivity index (χ1n) is 7.15. The first-order valence-corrected chi connectivity index (χ1v) is 7.15. The maximum Gasteiger partial charge on any atom is 0.125 e. The predicted octanol–water partition coefficient (Wildman–Crippen LogP) is 5.01. The monoisotopic (exact) mass is 278 g/mol. The number of H-pyrrole nitrogens is 1. The van der Waals surface area contributed by atoms with Crippen molar-refractivity contribution in [1.82, 2.24) is 4.98 Å². The third-order valence-electron chi connectivity index (χ3n) is 4.10. The van der Waals surface area contributed by atoms with E-state index in [0.29, 0.717) is 0 Å². The number of aryl methyl sites for hydroxylation is 1. The summed E-state index contributed by atoms with van der Waals surface area (Å²) in [6, 6.07) is 11.2. The Kier molecular flexibility index (Phi) is 2.67. The third kappa shape index (κ3) is 2.05. The van der Waals surface area contributed by atoms with Crippen LogP contribution in [0.2, 0.25) is 0 Å². The number of nitrogens with zero attached hydrogens (tertiary/aromatic N) is 1. The zero-order chi connectivity index (χ0) is 14.4. The van der Waals surface area contributed by atoms with Gasteiger partial charge in [-0.3, -0.25) is 4.99 Å². The molecule has 3 aromatic rings. The van der Waals surface area contributed by atoms with E-state index in [1.54, 1.807) is 0 Å². The van der Waals surface area contributed by atoms with Crippen LogP contribution < -0.4 is 0 Å². The molecule has 0 unspecified atom stereocenters. The average molecular weight is 278 g/mol. The number of aromatic nitrogens is 1. The lowest BCUT2D eigenvalue weighted by atomic mass is 9.96. The van der Waals surface area contributed by atoms with Crippen LogP contribution in [0.5, 0.6) is 0 Å². The second-order valence-electron chi connectivity index (χ2n) is 5.58. The highest BCUT2D eigenvalue weighted by molar-refractivity contribution is 5.96. The van der Waals surface area contributed by atoms with Crippen molar-refractivity contribution in [3.8, 4) is 11.1 Å². The minimum absolute atomic E-state index is 0.217. The maximum atomic E-state index is 13.3. The van der Waals surface area contributed by atoms with Gasteiger partial charge in [0.2, 0.25) is 0 Å². The SMILES string of the molecule is CC1=Nc2ccc(-c3c[nH]c4cc(F)ccc34)cc2CC1. The van der Waals surface area contributed by atoms with Crippen molar-refractivity contribution in [3.63, 3.8) is 0 Å². The van der Waals surface area contributed by atoms with Gasteiger partial charge in [-0.05, 0) is 61.2 Å². The van der Waals surface area contributed by atoms with Crippen LogP contribution in [0.25, 0.3) is 22.0 Å². The Morgan fingerprint density at radius 2 is 2.00 bits per heavy atom. The van der Waals surface area contributed by atoms with Crippen LogP contribution in [0.4, 0.5) is 10.1 Å². The second kappa shape index (κ2) is 4.55. The molecule has 0 radical (unpaired) electrons. The fraction of sp³-hybridized carbons (Fsp3) is 0.167. The molecule has 0 aliphatic carbocycles. The van der Waals surface area contributed by atoms with Gasteiger partial charge in [-0.1, -0.05) is 6.07 Å². The summed E-state index contributed by atoms with van der Waals surface area (Å²) < 4.78 is 13.3. The van der Waals surface area contributed by atoms with Gasteiger partial charge in [0.25, 0.3) is 0 Å². The fourth-order valence-corrected chi connectivity index (χ4v) is 2.98. The summed E-state index contributed by atoms with van der Waals surface area (Å²) in [5, 5.41) is 1.05. The predicted molar refractivity (Wildman–Crippen MR) is 84.8 cm³/mol. The number of nitrogens with one attached hydrogen (secondary N) is 1. The molecule has 0 saturated heterocycles. The minimum atomic E-state index is -0.217. The summed E-state index contributed by atoms with van der Waals surface area (Å²) in [7, 11) is 0. The topological polar surface area (TPSA) is 28.1 Å². The maximum absolute atomic E-state index is 13.3.